The van der Waals surface area contributed by atoms with Crippen LogP contribution in [0.1, 0.15) is 11.3 Å². The van der Waals surface area contributed by atoms with Gasteiger partial charge < -0.3 is 5.11 Å². The summed E-state index contributed by atoms with van der Waals surface area (Å²) in [6.45, 7) is 3.55. The van der Waals surface area contributed by atoms with Crippen LogP contribution in [0.2, 0.25) is 0 Å². The number of aliphatic hydroxyl groups is 1. The molecule has 1 aromatic heterocycles. The average molecular weight is 276 g/mol. The summed E-state index contributed by atoms with van der Waals surface area (Å²) in [5, 5.41) is 9.02. The number of likely N-dealkylation sites (tertiary alicyclic amines) is 1. The lowest BCUT2D eigenvalue weighted by Gasteiger charge is -2.13. The van der Waals surface area contributed by atoms with Gasteiger partial charge in [-0.1, -0.05) is 0 Å². The van der Waals surface area contributed by atoms with Gasteiger partial charge in [-0.3, -0.25) is 4.90 Å². The normalized spacial score (nSPS) is 23.1. The second kappa shape index (κ2) is 4.75. The highest BCUT2D eigenvalue weighted by atomic mass is 79.9. The number of aliphatic hydroxyl groups excluding tert-OH is 1. The Balaban J connectivity index is 1.87. The van der Waals surface area contributed by atoms with E-state index in [4.69, 9.17) is 5.11 Å². The summed E-state index contributed by atoms with van der Waals surface area (Å²) in [7, 11) is 0. The molecule has 78 valence electrons. The summed E-state index contributed by atoms with van der Waals surface area (Å²) in [5.41, 5.74) is 0. The molecule has 1 atom stereocenters. The van der Waals surface area contributed by atoms with Crippen LogP contribution < -0.4 is 0 Å². The minimum absolute atomic E-state index is 0.338. The van der Waals surface area contributed by atoms with E-state index in [-0.39, 0.29) is 0 Å². The van der Waals surface area contributed by atoms with E-state index in [2.05, 4.69) is 33.0 Å². The molecule has 0 aliphatic carbocycles. The minimum Gasteiger partial charge on any atom is -0.396 e. The van der Waals surface area contributed by atoms with Crippen molar-refractivity contribution in [1.82, 2.24) is 4.90 Å². The monoisotopic (exact) mass is 275 g/mol. The summed E-state index contributed by atoms with van der Waals surface area (Å²) >= 11 is 5.26. The second-order valence-corrected chi connectivity index (χ2v) is 6.33. The van der Waals surface area contributed by atoms with E-state index in [1.165, 1.54) is 8.66 Å². The zero-order valence-corrected chi connectivity index (χ0v) is 10.4. The van der Waals surface area contributed by atoms with E-state index in [1.54, 1.807) is 11.3 Å². The van der Waals surface area contributed by atoms with Crippen molar-refractivity contribution in [2.24, 2.45) is 5.92 Å². The summed E-state index contributed by atoms with van der Waals surface area (Å²) in [5.74, 6) is 0.499. The molecule has 0 saturated carbocycles. The van der Waals surface area contributed by atoms with Crippen LogP contribution in [-0.4, -0.2) is 29.7 Å². The fourth-order valence-corrected chi connectivity index (χ4v) is 3.39. The van der Waals surface area contributed by atoms with Crippen molar-refractivity contribution in [1.29, 1.82) is 0 Å². The summed E-state index contributed by atoms with van der Waals surface area (Å²) in [4.78, 5) is 3.81. The molecular weight excluding hydrogens is 262 g/mol. The van der Waals surface area contributed by atoms with Gasteiger partial charge in [0.1, 0.15) is 0 Å². The maximum Gasteiger partial charge on any atom is 0.0701 e. The smallest absolute Gasteiger partial charge is 0.0701 e. The Kier molecular flexibility index (Phi) is 3.60. The van der Waals surface area contributed by atoms with Crippen molar-refractivity contribution >= 4 is 27.3 Å². The van der Waals surface area contributed by atoms with Gasteiger partial charge in [0.25, 0.3) is 0 Å². The Morgan fingerprint density at radius 3 is 3.00 bits per heavy atom. The van der Waals surface area contributed by atoms with Crippen LogP contribution in [0.4, 0.5) is 0 Å². The van der Waals surface area contributed by atoms with E-state index in [0.717, 1.165) is 26.1 Å². The van der Waals surface area contributed by atoms with Gasteiger partial charge in [-0.05, 0) is 46.9 Å². The van der Waals surface area contributed by atoms with Crippen molar-refractivity contribution in [3.05, 3.63) is 20.8 Å². The number of hydrogen-bond donors (Lipinski definition) is 1. The van der Waals surface area contributed by atoms with Crippen LogP contribution in [0, 0.1) is 5.92 Å². The highest BCUT2D eigenvalue weighted by molar-refractivity contribution is 9.11. The van der Waals surface area contributed by atoms with Gasteiger partial charge in [0.15, 0.2) is 0 Å². The predicted molar refractivity (Wildman–Crippen MR) is 62.5 cm³/mol. The second-order valence-electron chi connectivity index (χ2n) is 3.78. The summed E-state index contributed by atoms with van der Waals surface area (Å²) in [6.07, 6.45) is 1.14. The first-order valence-corrected chi connectivity index (χ1v) is 6.46. The molecule has 4 heteroatoms. The SMILES string of the molecule is OC[C@H]1CCN(Cc2ccc(Br)s2)C1. The number of halogens is 1. The molecule has 14 heavy (non-hydrogen) atoms. The number of nitrogens with zero attached hydrogens (tertiary/aromatic N) is 1. The lowest BCUT2D eigenvalue weighted by atomic mass is 10.1. The molecule has 0 bridgehead atoms. The lowest BCUT2D eigenvalue weighted by Crippen LogP contribution is -2.20. The summed E-state index contributed by atoms with van der Waals surface area (Å²) in [6, 6.07) is 4.26. The largest absolute Gasteiger partial charge is 0.396 e. The van der Waals surface area contributed by atoms with E-state index >= 15 is 0 Å². The Hall–Kier alpha value is 0.1000. The van der Waals surface area contributed by atoms with Gasteiger partial charge in [0, 0.05) is 24.6 Å². The van der Waals surface area contributed by atoms with Gasteiger partial charge in [-0.25, -0.2) is 0 Å². The van der Waals surface area contributed by atoms with Crippen LogP contribution in [0.15, 0.2) is 15.9 Å². The van der Waals surface area contributed by atoms with Crippen LogP contribution in [0.3, 0.4) is 0 Å². The Labute approximate surface area is 96.7 Å². The van der Waals surface area contributed by atoms with Crippen LogP contribution in [-0.2, 0) is 6.54 Å². The zero-order valence-electron chi connectivity index (χ0n) is 7.95. The van der Waals surface area contributed by atoms with E-state index in [9.17, 15) is 0 Å². The molecule has 1 aliphatic rings. The Morgan fingerprint density at radius 2 is 2.43 bits per heavy atom. The first-order chi connectivity index (χ1) is 6.78. The average Bonchev–Trinajstić information content (AvgIpc) is 2.76. The zero-order chi connectivity index (χ0) is 9.97. The van der Waals surface area contributed by atoms with Crippen molar-refractivity contribution in [2.45, 2.75) is 13.0 Å². The fourth-order valence-electron chi connectivity index (χ4n) is 1.86. The van der Waals surface area contributed by atoms with E-state index in [1.807, 2.05) is 0 Å². The standard InChI is InChI=1S/C10H14BrNOS/c11-10-2-1-9(14-10)6-12-4-3-8(5-12)7-13/h1-2,8,13H,3-7H2/t8-/m0/s1. The van der Waals surface area contributed by atoms with Crippen LogP contribution >= 0.6 is 27.3 Å². The van der Waals surface area contributed by atoms with Crippen molar-refractivity contribution in [3.63, 3.8) is 0 Å². The van der Waals surface area contributed by atoms with Gasteiger partial charge >= 0.3 is 0 Å². The molecule has 2 heterocycles. The van der Waals surface area contributed by atoms with Crippen LogP contribution in [0.5, 0.6) is 0 Å². The van der Waals surface area contributed by atoms with E-state index < -0.39 is 0 Å². The van der Waals surface area contributed by atoms with Gasteiger partial charge in [-0.2, -0.15) is 0 Å². The van der Waals surface area contributed by atoms with Gasteiger partial charge in [0.2, 0.25) is 0 Å². The molecular formula is C10H14BrNOS. The maximum absolute atomic E-state index is 9.02. The molecule has 1 saturated heterocycles. The van der Waals surface area contributed by atoms with Gasteiger partial charge in [0.05, 0.1) is 3.79 Å². The molecule has 2 rings (SSSR count). The molecule has 1 fully saturated rings. The van der Waals surface area contributed by atoms with Crippen molar-refractivity contribution < 1.29 is 5.11 Å². The fraction of sp³-hybridized carbons (Fsp3) is 0.600. The molecule has 2 nitrogen and oxygen atoms in total. The third-order valence-corrected chi connectivity index (χ3v) is 4.24. The lowest BCUT2D eigenvalue weighted by molar-refractivity contribution is 0.220. The van der Waals surface area contributed by atoms with Crippen molar-refractivity contribution in [3.8, 4) is 0 Å². The van der Waals surface area contributed by atoms with E-state index in [0.29, 0.717) is 12.5 Å². The molecule has 1 N–H and O–H groups in total. The summed E-state index contributed by atoms with van der Waals surface area (Å²) < 4.78 is 1.20. The number of rotatable bonds is 3. The molecule has 0 spiro atoms. The molecule has 0 radical (unpaired) electrons. The first-order valence-electron chi connectivity index (χ1n) is 4.85. The highest BCUT2D eigenvalue weighted by Crippen LogP contribution is 2.25. The van der Waals surface area contributed by atoms with Gasteiger partial charge in [-0.15, -0.1) is 11.3 Å². The molecule has 0 aromatic carbocycles. The molecule has 0 unspecified atom stereocenters. The first kappa shape index (κ1) is 10.6. The highest BCUT2D eigenvalue weighted by Gasteiger charge is 2.21. The third-order valence-electron chi connectivity index (χ3n) is 2.64. The predicted octanol–water partition coefficient (Wildman–Crippen LogP) is 2.32. The number of thiophene rings is 1. The topological polar surface area (TPSA) is 23.5 Å². The molecule has 1 aromatic rings. The molecule has 0 amide bonds. The van der Waals surface area contributed by atoms with Crippen molar-refractivity contribution in [2.75, 3.05) is 19.7 Å². The van der Waals surface area contributed by atoms with Crippen LogP contribution in [0.25, 0.3) is 0 Å². The Morgan fingerprint density at radius 1 is 1.57 bits per heavy atom. The number of hydrogen-bond acceptors (Lipinski definition) is 3. The quantitative estimate of drug-likeness (QED) is 0.916. The maximum atomic E-state index is 9.02. The third kappa shape index (κ3) is 2.57. The Bertz CT molecular complexity index is 302. The minimum atomic E-state index is 0.338. The molecule has 1 aliphatic heterocycles.